The number of anilines is 1. The molecule has 0 spiro atoms. The highest BCUT2D eigenvalue weighted by Gasteiger charge is 2.23. The standard InChI is InChI=1S/C22H17ClF2N4O2/c1-11(12-3-5-14(24)6-4-12)28-21-18(25)8-16(22(30)31-2)19(29-21)17-10-27-20-15(17)7-13(23)9-26-20/h3-11H,1-2H3,(H,26,27)(H,28,29)/t11-/m0/s1. The number of pyridine rings is 2. The third kappa shape index (κ3) is 4.06. The van der Waals surface area contributed by atoms with E-state index in [0.717, 1.165) is 11.6 Å². The van der Waals surface area contributed by atoms with Crippen LogP contribution in [0.4, 0.5) is 14.6 Å². The lowest BCUT2D eigenvalue weighted by Gasteiger charge is -2.17. The molecule has 0 saturated carbocycles. The van der Waals surface area contributed by atoms with Crippen LogP contribution in [0.2, 0.25) is 5.02 Å². The quantitative estimate of drug-likeness (QED) is 0.398. The average Bonchev–Trinajstić information content (AvgIpc) is 3.17. The Hall–Kier alpha value is -3.52. The van der Waals surface area contributed by atoms with Crippen LogP contribution in [0, 0.1) is 11.6 Å². The lowest BCUT2D eigenvalue weighted by molar-refractivity contribution is 0.0600. The second-order valence-corrected chi connectivity index (χ2v) is 7.31. The zero-order chi connectivity index (χ0) is 22.1. The Morgan fingerprint density at radius 2 is 1.97 bits per heavy atom. The molecule has 0 aliphatic carbocycles. The summed E-state index contributed by atoms with van der Waals surface area (Å²) < 4.78 is 32.9. The summed E-state index contributed by atoms with van der Waals surface area (Å²) in [6.45, 7) is 1.79. The van der Waals surface area contributed by atoms with Crippen molar-refractivity contribution in [3.8, 4) is 11.3 Å². The monoisotopic (exact) mass is 442 g/mol. The van der Waals surface area contributed by atoms with Gasteiger partial charge in [-0.25, -0.2) is 23.5 Å². The predicted octanol–water partition coefficient (Wildman–Crippen LogP) is 5.52. The lowest BCUT2D eigenvalue weighted by atomic mass is 10.0. The van der Waals surface area contributed by atoms with Crippen molar-refractivity contribution in [1.29, 1.82) is 0 Å². The van der Waals surface area contributed by atoms with Crippen LogP contribution in [0.3, 0.4) is 0 Å². The van der Waals surface area contributed by atoms with Gasteiger partial charge >= 0.3 is 5.97 Å². The van der Waals surface area contributed by atoms with E-state index in [1.54, 1.807) is 31.3 Å². The maximum atomic E-state index is 14.9. The summed E-state index contributed by atoms with van der Waals surface area (Å²) in [7, 11) is 1.21. The minimum absolute atomic E-state index is 0.0409. The van der Waals surface area contributed by atoms with Crippen molar-refractivity contribution in [2.24, 2.45) is 0 Å². The molecule has 4 rings (SSSR count). The fourth-order valence-corrected chi connectivity index (χ4v) is 3.43. The summed E-state index contributed by atoms with van der Waals surface area (Å²) in [4.78, 5) is 23.9. The first kappa shape index (κ1) is 20.7. The van der Waals surface area contributed by atoms with Gasteiger partial charge in [0.05, 0.1) is 29.4 Å². The first-order chi connectivity index (χ1) is 14.9. The van der Waals surface area contributed by atoms with Gasteiger partial charge in [-0.05, 0) is 36.8 Å². The minimum Gasteiger partial charge on any atom is -0.465 e. The topological polar surface area (TPSA) is 79.9 Å². The molecule has 0 aliphatic heterocycles. The smallest absolute Gasteiger partial charge is 0.340 e. The molecule has 1 atom stereocenters. The van der Waals surface area contributed by atoms with Gasteiger partial charge in [0.1, 0.15) is 11.5 Å². The van der Waals surface area contributed by atoms with E-state index in [0.29, 0.717) is 21.6 Å². The number of aromatic nitrogens is 3. The van der Waals surface area contributed by atoms with Crippen LogP contribution >= 0.6 is 11.6 Å². The highest BCUT2D eigenvalue weighted by atomic mass is 35.5. The van der Waals surface area contributed by atoms with E-state index in [9.17, 15) is 13.6 Å². The SMILES string of the molecule is COC(=O)c1cc(F)c(N[C@@H](C)c2ccc(F)cc2)nc1-c1c[nH]c2ncc(Cl)cc12. The van der Waals surface area contributed by atoms with Crippen molar-refractivity contribution in [2.75, 3.05) is 12.4 Å². The van der Waals surface area contributed by atoms with Gasteiger partial charge in [0.25, 0.3) is 0 Å². The molecular formula is C22H17ClF2N4O2. The Balaban J connectivity index is 1.82. The Kier molecular flexibility index (Phi) is 5.56. The first-order valence-electron chi connectivity index (χ1n) is 9.31. The normalized spacial score (nSPS) is 12.0. The maximum absolute atomic E-state index is 14.9. The van der Waals surface area contributed by atoms with Gasteiger partial charge < -0.3 is 15.0 Å². The van der Waals surface area contributed by atoms with E-state index in [1.807, 2.05) is 0 Å². The molecule has 4 aromatic rings. The maximum Gasteiger partial charge on any atom is 0.340 e. The van der Waals surface area contributed by atoms with E-state index in [1.165, 1.54) is 25.4 Å². The number of H-pyrrole nitrogens is 1. The zero-order valence-corrected chi connectivity index (χ0v) is 17.3. The fraction of sp³-hybridized carbons (Fsp3) is 0.136. The second kappa shape index (κ2) is 8.31. The average molecular weight is 443 g/mol. The number of methoxy groups -OCH3 is 1. The molecule has 0 fully saturated rings. The molecule has 158 valence electrons. The van der Waals surface area contributed by atoms with Gasteiger partial charge in [-0.1, -0.05) is 23.7 Å². The van der Waals surface area contributed by atoms with Crippen LogP contribution in [-0.2, 0) is 4.74 Å². The molecule has 0 saturated heterocycles. The summed E-state index contributed by atoms with van der Waals surface area (Å²) in [5.41, 5.74) is 1.96. The third-order valence-electron chi connectivity index (χ3n) is 4.86. The number of esters is 1. The third-order valence-corrected chi connectivity index (χ3v) is 5.06. The second-order valence-electron chi connectivity index (χ2n) is 6.88. The van der Waals surface area contributed by atoms with E-state index in [4.69, 9.17) is 16.3 Å². The fourth-order valence-electron chi connectivity index (χ4n) is 3.27. The summed E-state index contributed by atoms with van der Waals surface area (Å²) >= 11 is 6.08. The molecule has 0 bridgehead atoms. The number of rotatable bonds is 5. The summed E-state index contributed by atoms with van der Waals surface area (Å²) in [6.07, 6.45) is 3.11. The highest BCUT2D eigenvalue weighted by Crippen LogP contribution is 2.33. The molecule has 0 amide bonds. The summed E-state index contributed by atoms with van der Waals surface area (Å²) in [5, 5.41) is 4.00. The van der Waals surface area contributed by atoms with Crippen molar-refractivity contribution in [3.05, 3.63) is 76.6 Å². The van der Waals surface area contributed by atoms with Crippen LogP contribution in [0.15, 0.2) is 48.8 Å². The van der Waals surface area contributed by atoms with Crippen molar-refractivity contribution in [3.63, 3.8) is 0 Å². The number of halogens is 3. The molecule has 9 heteroatoms. The van der Waals surface area contributed by atoms with Crippen LogP contribution < -0.4 is 5.32 Å². The van der Waals surface area contributed by atoms with Gasteiger partial charge in [0.2, 0.25) is 0 Å². The molecular weight excluding hydrogens is 426 g/mol. The number of fused-ring (bicyclic) bond motifs is 1. The van der Waals surface area contributed by atoms with Crippen molar-refractivity contribution >= 4 is 34.4 Å². The number of nitrogens with one attached hydrogen (secondary N) is 2. The molecule has 6 nitrogen and oxygen atoms in total. The van der Waals surface area contributed by atoms with Crippen molar-refractivity contribution in [2.45, 2.75) is 13.0 Å². The molecule has 0 aliphatic rings. The van der Waals surface area contributed by atoms with Gasteiger partial charge in [0, 0.05) is 23.3 Å². The van der Waals surface area contributed by atoms with Crippen LogP contribution in [0.5, 0.6) is 0 Å². The van der Waals surface area contributed by atoms with E-state index in [-0.39, 0.29) is 28.9 Å². The molecule has 3 aromatic heterocycles. The van der Waals surface area contributed by atoms with Crippen LogP contribution in [0.1, 0.15) is 28.9 Å². The molecule has 31 heavy (non-hydrogen) atoms. The number of benzene rings is 1. The number of ether oxygens (including phenoxy) is 1. The Bertz CT molecular complexity index is 1270. The zero-order valence-electron chi connectivity index (χ0n) is 16.5. The molecule has 3 heterocycles. The van der Waals surface area contributed by atoms with Gasteiger partial charge in [-0.2, -0.15) is 0 Å². The number of aromatic amines is 1. The highest BCUT2D eigenvalue weighted by molar-refractivity contribution is 6.31. The van der Waals surface area contributed by atoms with Crippen LogP contribution in [0.25, 0.3) is 22.3 Å². The van der Waals surface area contributed by atoms with Gasteiger partial charge in [-0.3, -0.25) is 0 Å². The van der Waals surface area contributed by atoms with Crippen molar-refractivity contribution < 1.29 is 18.3 Å². The van der Waals surface area contributed by atoms with E-state index in [2.05, 4.69) is 20.3 Å². The molecule has 1 aromatic carbocycles. The summed E-state index contributed by atoms with van der Waals surface area (Å²) in [6, 6.07) is 8.22. The number of hydrogen-bond acceptors (Lipinski definition) is 5. The Morgan fingerprint density at radius 3 is 2.68 bits per heavy atom. The number of carbonyl (C=O) groups is 1. The largest absolute Gasteiger partial charge is 0.465 e. The molecule has 2 N–H and O–H groups in total. The Morgan fingerprint density at radius 1 is 1.23 bits per heavy atom. The van der Waals surface area contributed by atoms with Gasteiger partial charge in [-0.15, -0.1) is 0 Å². The van der Waals surface area contributed by atoms with Crippen LogP contribution in [-0.4, -0.2) is 28.0 Å². The molecule has 0 radical (unpaired) electrons. The van der Waals surface area contributed by atoms with E-state index >= 15 is 0 Å². The first-order valence-corrected chi connectivity index (χ1v) is 9.69. The Labute approximate surface area is 181 Å². The number of hydrogen-bond donors (Lipinski definition) is 2. The molecule has 0 unspecified atom stereocenters. The summed E-state index contributed by atoms with van der Waals surface area (Å²) in [5.74, 6) is -1.89. The number of nitrogens with zero attached hydrogens (tertiary/aromatic N) is 2. The lowest BCUT2D eigenvalue weighted by Crippen LogP contribution is -2.13. The van der Waals surface area contributed by atoms with E-state index < -0.39 is 11.8 Å². The predicted molar refractivity (Wildman–Crippen MR) is 114 cm³/mol. The minimum atomic E-state index is -0.733. The van der Waals surface area contributed by atoms with Gasteiger partial charge in [0.15, 0.2) is 11.6 Å². The van der Waals surface area contributed by atoms with Crippen molar-refractivity contribution in [1.82, 2.24) is 15.0 Å². The number of carbonyl (C=O) groups excluding carboxylic acids is 1.